The molecular weight excluding hydrogens is 519 g/mol. The molecule has 11 heteroatoms. The van der Waals surface area contributed by atoms with E-state index in [0.717, 1.165) is 24.3 Å². The molecule has 1 amide bonds. The average Bonchev–Trinajstić information content (AvgIpc) is 3.21. The summed E-state index contributed by atoms with van der Waals surface area (Å²) in [6.07, 6.45) is 0.479. The van der Waals surface area contributed by atoms with Crippen molar-refractivity contribution in [3.05, 3.63) is 100 Å². The second-order valence-electron chi connectivity index (χ2n) is 9.22. The van der Waals surface area contributed by atoms with Crippen molar-refractivity contribution in [3.63, 3.8) is 0 Å². The maximum atomic E-state index is 13.9. The second kappa shape index (κ2) is 10.5. The van der Waals surface area contributed by atoms with Crippen molar-refractivity contribution in [2.75, 3.05) is 13.1 Å². The first-order chi connectivity index (χ1) is 18.6. The van der Waals surface area contributed by atoms with Crippen LogP contribution in [0.15, 0.2) is 60.8 Å². The number of fused-ring (bicyclic) bond motifs is 3. The monoisotopic (exact) mass is 542 g/mol. The number of amides is 1. The first-order valence-electron chi connectivity index (χ1n) is 12.1. The molecule has 5 rings (SSSR count). The summed E-state index contributed by atoms with van der Waals surface area (Å²) < 4.78 is 69.1. The first-order valence-corrected chi connectivity index (χ1v) is 12.1. The summed E-state index contributed by atoms with van der Waals surface area (Å²) in [6.45, 7) is 1.25. The van der Waals surface area contributed by atoms with Gasteiger partial charge >= 0.3 is 12.2 Å². The molecule has 39 heavy (non-hydrogen) atoms. The number of pyridine rings is 1. The summed E-state index contributed by atoms with van der Waals surface area (Å²) in [5.74, 6) is -1.56. The maximum Gasteiger partial charge on any atom is 0.416 e. The van der Waals surface area contributed by atoms with Crippen LogP contribution >= 0.6 is 0 Å². The number of hydrogen-bond acceptors (Lipinski definition) is 4. The molecule has 0 fully saturated rings. The molecule has 0 unspecified atom stereocenters. The van der Waals surface area contributed by atoms with E-state index in [4.69, 9.17) is 0 Å². The largest absolute Gasteiger partial charge is 0.493 e. The SMILES string of the molecule is O=C(NCc1ccnc(O)c1)n1c2c(c3cc(C(F)(F)F)ccc31)CN(C/C=C/c1ccc(F)cc1F)CC2. The fourth-order valence-corrected chi connectivity index (χ4v) is 4.77. The van der Waals surface area contributed by atoms with E-state index in [0.29, 0.717) is 47.2 Å². The Morgan fingerprint density at radius 1 is 1.10 bits per heavy atom. The lowest BCUT2D eigenvalue weighted by atomic mass is 10.0. The number of carbonyl (C=O) groups is 1. The predicted octanol–water partition coefficient (Wildman–Crippen LogP) is 5.87. The number of nitrogens with one attached hydrogen (secondary N) is 1. The first kappa shape index (κ1) is 26.4. The Bertz CT molecular complexity index is 1580. The van der Waals surface area contributed by atoms with Crippen LogP contribution in [0.1, 0.15) is 27.9 Å². The molecule has 6 nitrogen and oxygen atoms in total. The molecule has 1 aliphatic heterocycles. The summed E-state index contributed by atoms with van der Waals surface area (Å²) in [6, 6.07) is 9.13. The number of halogens is 5. The number of nitrogens with zero attached hydrogens (tertiary/aromatic N) is 3. The maximum absolute atomic E-state index is 13.9. The molecule has 0 atom stereocenters. The van der Waals surface area contributed by atoms with Crippen LogP contribution in [0.4, 0.5) is 26.7 Å². The van der Waals surface area contributed by atoms with Gasteiger partial charge in [-0.3, -0.25) is 9.47 Å². The van der Waals surface area contributed by atoms with Crippen molar-refractivity contribution in [2.24, 2.45) is 0 Å². The van der Waals surface area contributed by atoms with Gasteiger partial charge in [0.2, 0.25) is 5.88 Å². The molecule has 2 aromatic carbocycles. The van der Waals surface area contributed by atoms with Gasteiger partial charge in [0.15, 0.2) is 0 Å². The molecule has 4 aromatic rings. The van der Waals surface area contributed by atoms with Gasteiger partial charge < -0.3 is 10.4 Å². The van der Waals surface area contributed by atoms with E-state index in [2.05, 4.69) is 10.3 Å². The van der Waals surface area contributed by atoms with Gasteiger partial charge in [0, 0.05) is 67.6 Å². The van der Waals surface area contributed by atoms with Crippen LogP contribution in [-0.4, -0.2) is 38.7 Å². The lowest BCUT2D eigenvalue weighted by molar-refractivity contribution is -0.137. The van der Waals surface area contributed by atoms with E-state index in [9.17, 15) is 31.9 Å². The van der Waals surface area contributed by atoms with E-state index in [1.54, 1.807) is 12.1 Å². The molecule has 0 bridgehead atoms. The van der Waals surface area contributed by atoms with E-state index < -0.39 is 29.4 Å². The summed E-state index contributed by atoms with van der Waals surface area (Å²) in [4.78, 5) is 18.9. The number of alkyl halides is 3. The van der Waals surface area contributed by atoms with E-state index >= 15 is 0 Å². The Hall–Kier alpha value is -4.25. The van der Waals surface area contributed by atoms with Gasteiger partial charge in [-0.15, -0.1) is 0 Å². The molecular formula is C28H23F5N4O2. The van der Waals surface area contributed by atoms with E-state index in [-0.39, 0.29) is 24.5 Å². The van der Waals surface area contributed by atoms with Gasteiger partial charge in [0.05, 0.1) is 11.1 Å². The smallest absolute Gasteiger partial charge is 0.416 e. The van der Waals surface area contributed by atoms with Crippen molar-refractivity contribution in [1.29, 1.82) is 0 Å². The van der Waals surface area contributed by atoms with Crippen molar-refractivity contribution in [3.8, 4) is 5.88 Å². The molecule has 0 spiro atoms. The van der Waals surface area contributed by atoms with Crippen molar-refractivity contribution in [1.82, 2.24) is 19.8 Å². The van der Waals surface area contributed by atoms with Crippen LogP contribution in [0, 0.1) is 11.6 Å². The Kier molecular flexibility index (Phi) is 7.09. The van der Waals surface area contributed by atoms with Crippen LogP contribution in [0.3, 0.4) is 0 Å². The number of rotatable bonds is 5. The Morgan fingerprint density at radius 2 is 1.92 bits per heavy atom. The van der Waals surface area contributed by atoms with E-state index in [1.807, 2.05) is 4.90 Å². The fraction of sp³-hybridized carbons (Fsp3) is 0.214. The van der Waals surface area contributed by atoms with Crippen LogP contribution in [0.2, 0.25) is 0 Å². The summed E-state index contributed by atoms with van der Waals surface area (Å²) >= 11 is 0. The van der Waals surface area contributed by atoms with Crippen molar-refractivity contribution >= 4 is 23.0 Å². The molecule has 2 aromatic heterocycles. The average molecular weight is 543 g/mol. The molecule has 2 N–H and O–H groups in total. The highest BCUT2D eigenvalue weighted by Gasteiger charge is 2.33. The molecule has 1 aliphatic rings. The van der Waals surface area contributed by atoms with Crippen molar-refractivity contribution < 1.29 is 31.9 Å². The molecule has 0 aliphatic carbocycles. The standard InChI is InChI=1S/C28H23F5N4O2/c29-20-5-3-18(23(30)14-20)2-1-10-36-11-8-25-22(16-36)21-13-19(28(31,32)33)4-6-24(21)37(25)27(39)35-15-17-7-9-34-26(38)12-17/h1-7,9,12-14H,8,10-11,15-16H2,(H,34,38)(H,35,39)/b2-1+. The van der Waals surface area contributed by atoms with E-state index in [1.165, 1.54) is 35.0 Å². The third-order valence-electron chi connectivity index (χ3n) is 6.63. The number of aromatic hydroxyl groups is 1. The highest BCUT2D eigenvalue weighted by atomic mass is 19.4. The molecule has 0 radical (unpaired) electrons. The Morgan fingerprint density at radius 3 is 2.67 bits per heavy atom. The van der Waals surface area contributed by atoms with Gasteiger partial charge in [-0.05, 0) is 47.5 Å². The van der Waals surface area contributed by atoms with Crippen LogP contribution in [0.25, 0.3) is 17.0 Å². The summed E-state index contributed by atoms with van der Waals surface area (Å²) in [5, 5.41) is 12.7. The fourth-order valence-electron chi connectivity index (χ4n) is 4.77. The number of aromatic nitrogens is 2. The minimum absolute atomic E-state index is 0.0842. The molecule has 0 saturated heterocycles. The number of carbonyl (C=O) groups excluding carboxylic acids is 1. The Balaban J connectivity index is 1.43. The molecule has 0 saturated carbocycles. The van der Waals surface area contributed by atoms with Gasteiger partial charge in [0.25, 0.3) is 0 Å². The minimum Gasteiger partial charge on any atom is -0.493 e. The van der Waals surface area contributed by atoms with Crippen LogP contribution in [0.5, 0.6) is 5.88 Å². The minimum atomic E-state index is -4.55. The third-order valence-corrected chi connectivity index (χ3v) is 6.63. The van der Waals surface area contributed by atoms with Gasteiger partial charge in [-0.25, -0.2) is 18.6 Å². The normalized spacial score (nSPS) is 14.2. The van der Waals surface area contributed by atoms with Crippen LogP contribution < -0.4 is 5.32 Å². The highest BCUT2D eigenvalue weighted by molar-refractivity contribution is 5.96. The highest BCUT2D eigenvalue weighted by Crippen LogP contribution is 2.36. The zero-order valence-corrected chi connectivity index (χ0v) is 20.5. The predicted molar refractivity (Wildman–Crippen MR) is 135 cm³/mol. The van der Waals surface area contributed by atoms with Gasteiger partial charge in [0.1, 0.15) is 11.6 Å². The lowest BCUT2D eigenvalue weighted by Crippen LogP contribution is -2.34. The van der Waals surface area contributed by atoms with Gasteiger partial charge in [-0.1, -0.05) is 12.2 Å². The van der Waals surface area contributed by atoms with Gasteiger partial charge in [-0.2, -0.15) is 13.2 Å². The molecule has 202 valence electrons. The number of benzene rings is 2. The zero-order chi connectivity index (χ0) is 27.7. The van der Waals surface area contributed by atoms with Crippen molar-refractivity contribution in [2.45, 2.75) is 25.7 Å². The number of hydrogen-bond donors (Lipinski definition) is 2. The topological polar surface area (TPSA) is 70.4 Å². The summed E-state index contributed by atoms with van der Waals surface area (Å²) in [7, 11) is 0. The third kappa shape index (κ3) is 5.63. The Labute approximate surface area is 220 Å². The lowest BCUT2D eigenvalue weighted by Gasteiger charge is -2.27. The quantitative estimate of drug-likeness (QED) is 0.310. The zero-order valence-electron chi connectivity index (χ0n) is 20.5. The molecule has 3 heterocycles. The van der Waals surface area contributed by atoms with Crippen LogP contribution in [-0.2, 0) is 25.7 Å². The summed E-state index contributed by atoms with van der Waals surface area (Å²) in [5.41, 5.74) is 1.60. The second-order valence-corrected chi connectivity index (χ2v) is 9.22.